The fourth-order valence-electron chi connectivity index (χ4n) is 1.36. The predicted octanol–water partition coefficient (Wildman–Crippen LogP) is 2.85. The van der Waals surface area contributed by atoms with Gasteiger partial charge in [-0.3, -0.25) is 9.48 Å². The molecule has 0 N–H and O–H groups in total. The fraction of sp³-hybridized carbons (Fsp3) is 0.600. The topological polar surface area (TPSA) is 34.9 Å². The van der Waals surface area contributed by atoms with E-state index >= 15 is 0 Å². The predicted molar refractivity (Wildman–Crippen MR) is 56.9 cm³/mol. The summed E-state index contributed by atoms with van der Waals surface area (Å²) in [6.07, 6.45) is 4.14. The molecule has 0 atom stereocenters. The summed E-state index contributed by atoms with van der Waals surface area (Å²) in [7, 11) is 0. The van der Waals surface area contributed by atoms with Crippen LogP contribution in [0.1, 0.15) is 42.2 Å². The highest BCUT2D eigenvalue weighted by Gasteiger charge is 2.11. The maximum atomic E-state index is 10.7. The van der Waals surface area contributed by atoms with E-state index in [1.54, 1.807) is 11.6 Å². The van der Waals surface area contributed by atoms with E-state index in [1.807, 2.05) is 0 Å². The summed E-state index contributed by atoms with van der Waals surface area (Å²) < 4.78 is 1.70. The van der Waals surface area contributed by atoms with Crippen LogP contribution in [0.15, 0.2) is 0 Å². The maximum absolute atomic E-state index is 10.7. The van der Waals surface area contributed by atoms with E-state index in [2.05, 4.69) is 12.0 Å². The van der Waals surface area contributed by atoms with E-state index in [4.69, 9.17) is 11.6 Å². The van der Waals surface area contributed by atoms with E-state index in [1.165, 1.54) is 6.42 Å². The highest BCUT2D eigenvalue weighted by molar-refractivity contribution is 6.32. The van der Waals surface area contributed by atoms with Crippen LogP contribution in [-0.2, 0) is 6.54 Å². The molecule has 0 fully saturated rings. The third-order valence-electron chi connectivity index (χ3n) is 2.20. The molecule has 0 aliphatic rings. The van der Waals surface area contributed by atoms with Gasteiger partial charge in [-0.1, -0.05) is 31.4 Å². The SMILES string of the molecule is CCCCCn1nc(C)c(C=O)c1Cl. The average molecular weight is 215 g/mol. The molecular formula is C10H15ClN2O. The molecule has 0 bridgehead atoms. The van der Waals surface area contributed by atoms with Gasteiger partial charge in [0.25, 0.3) is 0 Å². The first kappa shape index (κ1) is 11.2. The normalized spacial score (nSPS) is 10.5. The Morgan fingerprint density at radius 3 is 2.71 bits per heavy atom. The first-order valence-corrected chi connectivity index (χ1v) is 5.26. The highest BCUT2D eigenvalue weighted by Crippen LogP contribution is 2.18. The smallest absolute Gasteiger partial charge is 0.155 e. The maximum Gasteiger partial charge on any atom is 0.155 e. The molecule has 1 aromatic rings. The minimum atomic E-state index is 0.466. The summed E-state index contributed by atoms with van der Waals surface area (Å²) in [4.78, 5) is 10.7. The summed E-state index contributed by atoms with van der Waals surface area (Å²) in [5.74, 6) is 0. The van der Waals surface area contributed by atoms with Crippen LogP contribution in [0.25, 0.3) is 0 Å². The molecule has 0 amide bonds. The zero-order valence-electron chi connectivity index (χ0n) is 8.59. The molecule has 0 saturated carbocycles. The molecule has 0 radical (unpaired) electrons. The Morgan fingerprint density at radius 2 is 2.21 bits per heavy atom. The molecule has 0 spiro atoms. The van der Waals surface area contributed by atoms with Crippen LogP contribution in [0.3, 0.4) is 0 Å². The van der Waals surface area contributed by atoms with Crippen LogP contribution in [-0.4, -0.2) is 16.1 Å². The van der Waals surface area contributed by atoms with Gasteiger partial charge < -0.3 is 0 Å². The molecule has 14 heavy (non-hydrogen) atoms. The number of aldehydes is 1. The largest absolute Gasteiger partial charge is 0.298 e. The second-order valence-electron chi connectivity index (χ2n) is 3.34. The van der Waals surface area contributed by atoms with Crippen LogP contribution in [0.5, 0.6) is 0 Å². The van der Waals surface area contributed by atoms with Crippen LogP contribution in [0.2, 0.25) is 5.15 Å². The van der Waals surface area contributed by atoms with Crippen molar-refractivity contribution >= 4 is 17.9 Å². The second-order valence-corrected chi connectivity index (χ2v) is 3.70. The molecule has 0 saturated heterocycles. The standard InChI is InChI=1S/C10H15ClN2O/c1-3-4-5-6-13-10(11)9(7-14)8(2)12-13/h7H,3-6H2,1-2H3. The lowest BCUT2D eigenvalue weighted by atomic mass is 10.2. The summed E-state index contributed by atoms with van der Waals surface area (Å²) in [6.45, 7) is 4.74. The van der Waals surface area contributed by atoms with E-state index in [9.17, 15) is 4.79 Å². The number of halogens is 1. The van der Waals surface area contributed by atoms with Crippen molar-refractivity contribution < 1.29 is 4.79 Å². The Labute approximate surface area is 89.1 Å². The first-order valence-electron chi connectivity index (χ1n) is 4.88. The van der Waals surface area contributed by atoms with Crippen LogP contribution < -0.4 is 0 Å². The van der Waals surface area contributed by atoms with Crippen molar-refractivity contribution in [2.75, 3.05) is 0 Å². The molecule has 1 rings (SSSR count). The van der Waals surface area contributed by atoms with Gasteiger partial charge in [0, 0.05) is 6.54 Å². The highest BCUT2D eigenvalue weighted by atomic mass is 35.5. The van der Waals surface area contributed by atoms with Crippen LogP contribution >= 0.6 is 11.6 Å². The molecule has 1 heterocycles. The summed E-state index contributed by atoms with van der Waals surface area (Å²) in [5, 5.41) is 4.67. The third-order valence-corrected chi connectivity index (χ3v) is 2.60. The van der Waals surface area contributed by atoms with Crippen molar-refractivity contribution in [2.24, 2.45) is 0 Å². The third kappa shape index (κ3) is 2.35. The van der Waals surface area contributed by atoms with Crippen molar-refractivity contribution in [2.45, 2.75) is 39.7 Å². The Kier molecular flexibility index (Phi) is 4.14. The molecule has 0 unspecified atom stereocenters. The zero-order valence-corrected chi connectivity index (χ0v) is 9.34. The minimum Gasteiger partial charge on any atom is -0.298 e. The monoisotopic (exact) mass is 214 g/mol. The number of hydrogen-bond acceptors (Lipinski definition) is 2. The molecule has 78 valence electrons. The summed E-state index contributed by atoms with van der Waals surface area (Å²) in [6, 6.07) is 0. The Bertz CT molecular complexity index is 320. The molecular weight excluding hydrogens is 200 g/mol. The number of unbranched alkanes of at least 4 members (excludes halogenated alkanes) is 2. The number of carbonyl (C=O) groups is 1. The minimum absolute atomic E-state index is 0.466. The van der Waals surface area contributed by atoms with Crippen molar-refractivity contribution in [1.29, 1.82) is 0 Å². The van der Waals surface area contributed by atoms with Gasteiger partial charge in [0.1, 0.15) is 5.15 Å². The average Bonchev–Trinajstić information content (AvgIpc) is 2.42. The number of carbonyl (C=O) groups excluding carboxylic acids is 1. The molecule has 0 aliphatic heterocycles. The molecule has 1 aromatic heterocycles. The molecule has 0 aliphatic carbocycles. The van der Waals surface area contributed by atoms with Crippen molar-refractivity contribution in [3.8, 4) is 0 Å². The Hall–Kier alpha value is -0.830. The van der Waals surface area contributed by atoms with Crippen LogP contribution in [0.4, 0.5) is 0 Å². The first-order chi connectivity index (χ1) is 6.70. The summed E-state index contributed by atoms with van der Waals surface area (Å²) in [5.41, 5.74) is 1.23. The van der Waals surface area contributed by atoms with Gasteiger partial charge in [0.05, 0.1) is 11.3 Å². The van der Waals surface area contributed by atoms with Gasteiger partial charge in [-0.2, -0.15) is 5.10 Å². The van der Waals surface area contributed by atoms with Gasteiger partial charge in [-0.15, -0.1) is 0 Å². The fourth-order valence-corrected chi connectivity index (χ4v) is 1.66. The number of aromatic nitrogens is 2. The lowest BCUT2D eigenvalue weighted by Crippen LogP contribution is -2.00. The van der Waals surface area contributed by atoms with Gasteiger partial charge in [0.15, 0.2) is 6.29 Å². The lowest BCUT2D eigenvalue weighted by molar-refractivity contribution is 0.112. The van der Waals surface area contributed by atoms with E-state index in [0.717, 1.165) is 25.7 Å². The van der Waals surface area contributed by atoms with Crippen molar-refractivity contribution in [1.82, 2.24) is 9.78 Å². The quantitative estimate of drug-likeness (QED) is 0.558. The molecule has 3 nitrogen and oxygen atoms in total. The van der Waals surface area contributed by atoms with Gasteiger partial charge in [-0.25, -0.2) is 0 Å². The van der Waals surface area contributed by atoms with E-state index in [0.29, 0.717) is 16.4 Å². The van der Waals surface area contributed by atoms with E-state index in [-0.39, 0.29) is 0 Å². The number of aryl methyl sites for hydroxylation is 2. The lowest BCUT2D eigenvalue weighted by Gasteiger charge is -2.01. The van der Waals surface area contributed by atoms with Gasteiger partial charge in [-0.05, 0) is 13.3 Å². The van der Waals surface area contributed by atoms with Crippen molar-refractivity contribution in [3.63, 3.8) is 0 Å². The number of nitrogens with zero attached hydrogens (tertiary/aromatic N) is 2. The van der Waals surface area contributed by atoms with E-state index < -0.39 is 0 Å². The van der Waals surface area contributed by atoms with Crippen molar-refractivity contribution in [3.05, 3.63) is 16.4 Å². The Morgan fingerprint density at radius 1 is 1.50 bits per heavy atom. The van der Waals surface area contributed by atoms with Gasteiger partial charge >= 0.3 is 0 Å². The number of hydrogen-bond donors (Lipinski definition) is 0. The van der Waals surface area contributed by atoms with Gasteiger partial charge in [0.2, 0.25) is 0 Å². The summed E-state index contributed by atoms with van der Waals surface area (Å²) >= 11 is 5.98. The Balaban J connectivity index is 2.73. The second kappa shape index (κ2) is 5.15. The molecule has 0 aromatic carbocycles. The number of rotatable bonds is 5. The zero-order chi connectivity index (χ0) is 10.6. The molecule has 4 heteroatoms. The van der Waals surface area contributed by atoms with Crippen LogP contribution in [0, 0.1) is 6.92 Å².